The summed E-state index contributed by atoms with van der Waals surface area (Å²) in [4.78, 5) is 44.7. The van der Waals surface area contributed by atoms with Crippen molar-refractivity contribution in [1.29, 1.82) is 0 Å². The van der Waals surface area contributed by atoms with Gasteiger partial charge in [-0.2, -0.15) is 0 Å². The number of carbonyl (C=O) groups excluding carboxylic acids is 3. The summed E-state index contributed by atoms with van der Waals surface area (Å²) in [7, 11) is 1.53. The Morgan fingerprint density at radius 1 is 0.769 bits per heavy atom. The van der Waals surface area contributed by atoms with Gasteiger partial charge in [0, 0.05) is 35.1 Å². The van der Waals surface area contributed by atoms with Gasteiger partial charge in [0.25, 0.3) is 11.8 Å². The maximum Gasteiger partial charge on any atom is 0.335 e. The van der Waals surface area contributed by atoms with E-state index in [0.717, 1.165) is 52.0 Å². The van der Waals surface area contributed by atoms with E-state index in [9.17, 15) is 14.4 Å². The van der Waals surface area contributed by atoms with Crippen LogP contribution in [0, 0.1) is 0 Å². The molecular formula is C43H36BrN3O5. The van der Waals surface area contributed by atoms with Crippen molar-refractivity contribution in [2.24, 2.45) is 0 Å². The van der Waals surface area contributed by atoms with Crippen LogP contribution < -0.4 is 24.6 Å². The van der Waals surface area contributed by atoms with E-state index in [4.69, 9.17) is 9.47 Å². The number of imide groups is 2. The van der Waals surface area contributed by atoms with Crippen molar-refractivity contribution in [2.45, 2.75) is 31.3 Å². The third kappa shape index (κ3) is 6.37. The number of nitrogens with zero attached hydrogens (tertiary/aromatic N) is 2. The molecule has 0 radical (unpaired) electrons. The van der Waals surface area contributed by atoms with E-state index in [1.807, 2.05) is 72.8 Å². The van der Waals surface area contributed by atoms with Crippen molar-refractivity contribution in [3.63, 3.8) is 0 Å². The monoisotopic (exact) mass is 753 g/mol. The number of barbiturate groups is 1. The average molecular weight is 755 g/mol. The smallest absolute Gasteiger partial charge is 0.335 e. The topological polar surface area (TPSA) is 88.2 Å². The number of hydrogen-bond acceptors (Lipinski definition) is 6. The molecule has 52 heavy (non-hydrogen) atoms. The summed E-state index contributed by atoms with van der Waals surface area (Å²) in [6.07, 6.45) is 3.30. The molecule has 1 N–H and O–H groups in total. The molecule has 0 spiro atoms. The van der Waals surface area contributed by atoms with Gasteiger partial charge in [-0.25, -0.2) is 9.69 Å². The lowest BCUT2D eigenvalue weighted by atomic mass is 9.76. The predicted molar refractivity (Wildman–Crippen MR) is 205 cm³/mol. The molecule has 0 saturated carbocycles. The minimum atomic E-state index is -0.774. The summed E-state index contributed by atoms with van der Waals surface area (Å²) in [6.45, 7) is 2.17. The quantitative estimate of drug-likeness (QED) is 0.126. The summed E-state index contributed by atoms with van der Waals surface area (Å²) in [5.41, 5.74) is 7.53. The van der Waals surface area contributed by atoms with E-state index in [-0.39, 0.29) is 17.4 Å². The largest absolute Gasteiger partial charge is 0.493 e. The highest BCUT2D eigenvalue weighted by molar-refractivity contribution is 9.10. The first-order valence-corrected chi connectivity index (χ1v) is 18.2. The molecule has 3 heterocycles. The molecule has 3 aliphatic rings. The SMILES string of the molecule is COc1cc(/C=C2\C(=O)NC(=O)N(c3cc4c5c(c3)[C@H](c3ccccc3)CCN5CC[C@H]4c3ccccc3)C2=O)ccc1OCc1ccc(Br)cc1. The van der Waals surface area contributed by atoms with Crippen molar-refractivity contribution < 1.29 is 23.9 Å². The van der Waals surface area contributed by atoms with Crippen molar-refractivity contribution in [3.8, 4) is 11.5 Å². The number of anilines is 2. The second-order valence-corrected chi connectivity index (χ2v) is 14.2. The van der Waals surface area contributed by atoms with Gasteiger partial charge in [0.15, 0.2) is 11.5 Å². The summed E-state index contributed by atoms with van der Waals surface area (Å²) in [5.74, 6) is -0.321. The molecule has 4 amide bonds. The Labute approximate surface area is 310 Å². The highest BCUT2D eigenvalue weighted by atomic mass is 79.9. The molecule has 0 aliphatic carbocycles. The maximum atomic E-state index is 14.3. The molecule has 1 fully saturated rings. The summed E-state index contributed by atoms with van der Waals surface area (Å²) < 4.78 is 12.6. The Morgan fingerprint density at radius 2 is 1.38 bits per heavy atom. The summed E-state index contributed by atoms with van der Waals surface area (Å²) >= 11 is 3.45. The normalized spacial score (nSPS) is 19.0. The van der Waals surface area contributed by atoms with Gasteiger partial charge in [-0.1, -0.05) is 94.8 Å². The molecule has 5 aromatic rings. The first-order chi connectivity index (χ1) is 25.4. The van der Waals surface area contributed by atoms with Crippen LogP contribution in [0.5, 0.6) is 11.5 Å². The molecule has 1 saturated heterocycles. The van der Waals surface area contributed by atoms with Gasteiger partial charge in [-0.3, -0.25) is 14.9 Å². The molecule has 3 aliphatic heterocycles. The Kier molecular flexibility index (Phi) is 9.11. The van der Waals surface area contributed by atoms with Gasteiger partial charge < -0.3 is 14.4 Å². The van der Waals surface area contributed by atoms with E-state index in [2.05, 4.69) is 50.4 Å². The van der Waals surface area contributed by atoms with E-state index >= 15 is 0 Å². The van der Waals surface area contributed by atoms with Gasteiger partial charge in [-0.05, 0) is 88.7 Å². The number of hydrogen-bond donors (Lipinski definition) is 1. The third-order valence-electron chi connectivity index (χ3n) is 10.2. The molecule has 0 unspecified atom stereocenters. The van der Waals surface area contributed by atoms with Gasteiger partial charge in [0.2, 0.25) is 0 Å². The van der Waals surface area contributed by atoms with Crippen molar-refractivity contribution in [2.75, 3.05) is 30.0 Å². The Hall–Kier alpha value is -5.67. The minimum absolute atomic E-state index is 0.0808. The predicted octanol–water partition coefficient (Wildman–Crippen LogP) is 8.58. The molecule has 5 aromatic carbocycles. The second kappa shape index (κ2) is 14.2. The fourth-order valence-corrected chi connectivity index (χ4v) is 7.93. The number of ether oxygens (including phenoxy) is 2. The standard InChI is InChI=1S/C43H36BrN3O5/c1-51-39-23-28(14-17-38(39)52-26-27-12-15-31(44)16-13-27)22-37-41(48)45-43(50)47(42(37)49)32-24-35-33(29-8-4-2-5-9-29)18-20-46-21-19-34(36(25-32)40(35)46)30-10-6-3-7-11-30/h2-17,22-25,33-34H,18-21,26H2,1H3,(H,45,48,50)/b37-22+/t33-,34-/m0/s1. The van der Waals surface area contributed by atoms with Gasteiger partial charge in [-0.15, -0.1) is 0 Å². The van der Waals surface area contributed by atoms with Crippen molar-refractivity contribution in [1.82, 2.24) is 5.32 Å². The van der Waals surface area contributed by atoms with E-state index in [0.29, 0.717) is 29.4 Å². The van der Waals surface area contributed by atoms with E-state index < -0.39 is 17.8 Å². The van der Waals surface area contributed by atoms with Crippen molar-refractivity contribution in [3.05, 3.63) is 159 Å². The van der Waals surface area contributed by atoms with Crippen LogP contribution in [0.25, 0.3) is 6.08 Å². The number of rotatable bonds is 8. The molecular weight excluding hydrogens is 718 g/mol. The first-order valence-electron chi connectivity index (χ1n) is 17.4. The second-order valence-electron chi connectivity index (χ2n) is 13.2. The molecule has 0 bridgehead atoms. The number of methoxy groups -OCH3 is 1. The van der Waals surface area contributed by atoms with Crippen LogP contribution in [0.1, 0.15) is 58.1 Å². The van der Waals surface area contributed by atoms with Crippen LogP contribution in [0.4, 0.5) is 16.2 Å². The van der Waals surface area contributed by atoms with Gasteiger partial charge in [0.05, 0.1) is 12.8 Å². The Morgan fingerprint density at radius 3 is 1.98 bits per heavy atom. The highest BCUT2D eigenvalue weighted by Crippen LogP contribution is 2.50. The minimum Gasteiger partial charge on any atom is -0.493 e. The highest BCUT2D eigenvalue weighted by Gasteiger charge is 2.40. The number of amides is 4. The summed E-state index contributed by atoms with van der Waals surface area (Å²) in [6, 6.07) is 37.0. The van der Waals surface area contributed by atoms with Crippen LogP contribution in [-0.2, 0) is 16.2 Å². The number of carbonyl (C=O) groups is 3. The zero-order valence-corrected chi connectivity index (χ0v) is 30.1. The zero-order chi connectivity index (χ0) is 35.8. The lowest BCUT2D eigenvalue weighted by Crippen LogP contribution is -2.54. The fraction of sp³-hybridized carbons (Fsp3) is 0.186. The number of nitrogens with one attached hydrogen (secondary N) is 1. The van der Waals surface area contributed by atoms with Crippen LogP contribution >= 0.6 is 15.9 Å². The molecule has 2 atom stereocenters. The fourth-order valence-electron chi connectivity index (χ4n) is 7.66. The van der Waals surface area contributed by atoms with Gasteiger partial charge in [0.1, 0.15) is 12.2 Å². The third-order valence-corrected chi connectivity index (χ3v) is 10.7. The van der Waals surface area contributed by atoms with Crippen molar-refractivity contribution >= 4 is 51.2 Å². The molecule has 9 heteroatoms. The number of urea groups is 1. The van der Waals surface area contributed by atoms with Crippen LogP contribution in [0.15, 0.2) is 125 Å². The van der Waals surface area contributed by atoms with Gasteiger partial charge >= 0.3 is 6.03 Å². The molecule has 8 rings (SSSR count). The average Bonchev–Trinajstić information content (AvgIpc) is 3.17. The van der Waals surface area contributed by atoms with E-state index in [1.165, 1.54) is 30.0 Å². The lowest BCUT2D eigenvalue weighted by Gasteiger charge is -2.44. The number of halogens is 1. The van der Waals surface area contributed by atoms with Crippen LogP contribution in [-0.4, -0.2) is 38.0 Å². The molecule has 0 aromatic heterocycles. The lowest BCUT2D eigenvalue weighted by molar-refractivity contribution is -0.122. The van der Waals surface area contributed by atoms with E-state index in [1.54, 1.807) is 18.2 Å². The maximum absolute atomic E-state index is 14.3. The Bertz CT molecular complexity index is 2130. The van der Waals surface area contributed by atoms with Crippen LogP contribution in [0.2, 0.25) is 0 Å². The molecule has 8 nitrogen and oxygen atoms in total. The van der Waals surface area contributed by atoms with Crippen LogP contribution in [0.3, 0.4) is 0 Å². The first kappa shape index (κ1) is 33.5. The zero-order valence-electron chi connectivity index (χ0n) is 28.6. The Balaban J connectivity index is 1.17. The molecule has 260 valence electrons. The summed E-state index contributed by atoms with van der Waals surface area (Å²) in [5, 5.41) is 2.43. The number of benzene rings is 5.